The summed E-state index contributed by atoms with van der Waals surface area (Å²) in [6.45, 7) is 3.76. The monoisotopic (exact) mass is 290 g/mol. The first-order valence-electron chi connectivity index (χ1n) is 5.46. The fourth-order valence-corrected chi connectivity index (χ4v) is 1.52. The van der Waals surface area contributed by atoms with Gasteiger partial charge in [0.2, 0.25) is 0 Å². The van der Waals surface area contributed by atoms with E-state index in [9.17, 15) is 4.79 Å². The summed E-state index contributed by atoms with van der Waals surface area (Å²) in [5.41, 5.74) is 6.07. The third-order valence-electron chi connectivity index (χ3n) is 2.57. The molecule has 0 aromatic heterocycles. The topological polar surface area (TPSA) is 55.6 Å². The number of benzene rings is 1. The molecule has 6 heteroatoms. The number of hydrogen-bond donors (Lipinski definition) is 1. The minimum absolute atomic E-state index is 0.0865. The molecular weight excluding hydrogens is 275 g/mol. The molecule has 0 aliphatic heterocycles. The molecule has 0 unspecified atom stereocenters. The smallest absolute Gasteiger partial charge is 0.260 e. The highest BCUT2D eigenvalue weighted by Gasteiger charge is 2.14. The summed E-state index contributed by atoms with van der Waals surface area (Å²) in [6, 6.07) is 3.12. The molecule has 0 bridgehead atoms. The number of nitrogen functional groups attached to an aromatic ring is 1. The van der Waals surface area contributed by atoms with Crippen LogP contribution in [-0.4, -0.2) is 30.5 Å². The molecule has 100 valence electrons. The van der Waals surface area contributed by atoms with Crippen molar-refractivity contribution < 1.29 is 9.53 Å². The second-order valence-electron chi connectivity index (χ2n) is 4.19. The number of amides is 1. The van der Waals surface area contributed by atoms with Crippen LogP contribution in [0, 0.1) is 0 Å². The van der Waals surface area contributed by atoms with Crippen LogP contribution in [0.1, 0.15) is 13.8 Å². The minimum Gasteiger partial charge on any atom is -0.482 e. The third kappa shape index (κ3) is 3.68. The van der Waals surface area contributed by atoms with Crippen LogP contribution in [0.25, 0.3) is 0 Å². The Hall–Kier alpha value is -1.13. The number of carbonyl (C=O) groups excluding carboxylic acids is 1. The van der Waals surface area contributed by atoms with Crippen molar-refractivity contribution in [1.29, 1.82) is 0 Å². The van der Waals surface area contributed by atoms with Gasteiger partial charge in [-0.3, -0.25) is 4.79 Å². The van der Waals surface area contributed by atoms with E-state index >= 15 is 0 Å². The van der Waals surface area contributed by atoms with Gasteiger partial charge in [0.1, 0.15) is 5.75 Å². The molecule has 0 heterocycles. The van der Waals surface area contributed by atoms with Crippen LogP contribution in [0.3, 0.4) is 0 Å². The number of halogens is 2. The van der Waals surface area contributed by atoms with Crippen LogP contribution in [0.5, 0.6) is 5.75 Å². The van der Waals surface area contributed by atoms with Gasteiger partial charge in [-0.05, 0) is 19.9 Å². The normalized spacial score (nSPS) is 10.6. The predicted molar refractivity (Wildman–Crippen MR) is 74.3 cm³/mol. The average Bonchev–Trinajstić information content (AvgIpc) is 2.30. The van der Waals surface area contributed by atoms with E-state index in [-0.39, 0.29) is 18.6 Å². The molecule has 0 fully saturated rings. The summed E-state index contributed by atoms with van der Waals surface area (Å²) < 4.78 is 5.35. The number of ether oxygens (including phenoxy) is 1. The van der Waals surface area contributed by atoms with Gasteiger partial charge < -0.3 is 15.4 Å². The number of nitrogens with zero attached hydrogens (tertiary/aromatic N) is 1. The second-order valence-corrected chi connectivity index (χ2v) is 5.01. The lowest BCUT2D eigenvalue weighted by atomic mass is 10.3. The van der Waals surface area contributed by atoms with Crippen molar-refractivity contribution in [2.75, 3.05) is 19.4 Å². The molecule has 0 radical (unpaired) electrons. The van der Waals surface area contributed by atoms with Crippen molar-refractivity contribution in [3.8, 4) is 5.75 Å². The molecule has 0 saturated carbocycles. The third-order valence-corrected chi connectivity index (χ3v) is 3.29. The Bertz CT molecular complexity index is 450. The maximum Gasteiger partial charge on any atom is 0.260 e. The quantitative estimate of drug-likeness (QED) is 0.868. The fourth-order valence-electron chi connectivity index (χ4n) is 1.20. The van der Waals surface area contributed by atoms with Gasteiger partial charge in [0, 0.05) is 19.2 Å². The molecule has 1 aromatic carbocycles. The summed E-state index contributed by atoms with van der Waals surface area (Å²) in [5, 5.41) is 0.692. The Morgan fingerprint density at radius 2 is 1.94 bits per heavy atom. The maximum absolute atomic E-state index is 11.7. The van der Waals surface area contributed by atoms with Gasteiger partial charge in [0.05, 0.1) is 15.7 Å². The molecule has 0 atom stereocenters. The lowest BCUT2D eigenvalue weighted by Gasteiger charge is -2.21. The first-order chi connectivity index (χ1) is 8.32. The van der Waals surface area contributed by atoms with E-state index in [0.29, 0.717) is 21.5 Å². The molecule has 0 aliphatic rings. The number of likely N-dealkylation sites (N-methyl/N-ethyl adjacent to an activating group) is 1. The average molecular weight is 291 g/mol. The molecule has 4 nitrogen and oxygen atoms in total. The Labute approximate surface area is 117 Å². The second kappa shape index (κ2) is 6.16. The van der Waals surface area contributed by atoms with Crippen LogP contribution < -0.4 is 10.5 Å². The fraction of sp³-hybridized carbons (Fsp3) is 0.417. The lowest BCUT2D eigenvalue weighted by molar-refractivity contribution is -0.133. The summed E-state index contributed by atoms with van der Waals surface area (Å²) in [7, 11) is 1.72. The van der Waals surface area contributed by atoms with E-state index in [1.165, 1.54) is 12.1 Å². The summed E-state index contributed by atoms with van der Waals surface area (Å²) in [4.78, 5) is 13.3. The molecule has 0 saturated heterocycles. The van der Waals surface area contributed by atoms with Crippen LogP contribution in [0.2, 0.25) is 10.0 Å². The van der Waals surface area contributed by atoms with Gasteiger partial charge in [-0.15, -0.1) is 0 Å². The molecule has 0 aliphatic carbocycles. The zero-order chi connectivity index (χ0) is 13.9. The zero-order valence-corrected chi connectivity index (χ0v) is 12.0. The largest absolute Gasteiger partial charge is 0.482 e. The summed E-state index contributed by atoms with van der Waals surface area (Å²) >= 11 is 11.6. The van der Waals surface area contributed by atoms with Gasteiger partial charge in [-0.2, -0.15) is 0 Å². The Morgan fingerprint density at radius 1 is 1.39 bits per heavy atom. The number of hydrogen-bond acceptors (Lipinski definition) is 3. The van der Waals surface area contributed by atoms with Crippen molar-refractivity contribution in [3.05, 3.63) is 22.2 Å². The Kier molecular flexibility index (Phi) is 5.11. The van der Waals surface area contributed by atoms with Crippen molar-refractivity contribution in [1.82, 2.24) is 4.90 Å². The molecule has 1 rings (SSSR count). The molecule has 0 spiro atoms. The Morgan fingerprint density at radius 3 is 2.50 bits per heavy atom. The van der Waals surface area contributed by atoms with Crippen molar-refractivity contribution >= 4 is 34.8 Å². The number of rotatable bonds is 4. The van der Waals surface area contributed by atoms with Crippen molar-refractivity contribution in [2.45, 2.75) is 19.9 Å². The molecular formula is C12H16Cl2N2O2. The van der Waals surface area contributed by atoms with Crippen LogP contribution in [0.4, 0.5) is 5.69 Å². The lowest BCUT2D eigenvalue weighted by Crippen LogP contribution is -2.36. The van der Waals surface area contributed by atoms with Crippen molar-refractivity contribution in [3.63, 3.8) is 0 Å². The summed E-state index contributed by atoms with van der Waals surface area (Å²) in [6.07, 6.45) is 0. The van der Waals surface area contributed by atoms with Crippen LogP contribution in [-0.2, 0) is 4.79 Å². The zero-order valence-electron chi connectivity index (χ0n) is 10.5. The van der Waals surface area contributed by atoms with E-state index in [2.05, 4.69) is 0 Å². The van der Waals surface area contributed by atoms with Crippen LogP contribution >= 0.6 is 23.2 Å². The first kappa shape index (κ1) is 14.9. The number of nitrogens with two attached hydrogens (primary N) is 1. The van der Waals surface area contributed by atoms with Gasteiger partial charge >= 0.3 is 0 Å². The van der Waals surface area contributed by atoms with E-state index in [0.717, 1.165) is 0 Å². The Balaban J connectivity index is 2.70. The van der Waals surface area contributed by atoms with E-state index < -0.39 is 0 Å². The molecule has 1 amide bonds. The minimum atomic E-state index is -0.129. The van der Waals surface area contributed by atoms with Gasteiger partial charge in [-0.25, -0.2) is 0 Å². The van der Waals surface area contributed by atoms with Gasteiger partial charge in [-0.1, -0.05) is 23.2 Å². The molecule has 1 aromatic rings. The SMILES string of the molecule is CC(C)N(C)C(=O)COc1cc(Cl)c(Cl)cc1N. The molecule has 2 N–H and O–H groups in total. The van der Waals surface area contributed by atoms with E-state index in [4.69, 9.17) is 33.7 Å². The van der Waals surface area contributed by atoms with E-state index in [1.807, 2.05) is 13.8 Å². The summed E-state index contributed by atoms with van der Waals surface area (Å²) in [5.74, 6) is 0.227. The van der Waals surface area contributed by atoms with Gasteiger partial charge in [0.15, 0.2) is 6.61 Å². The van der Waals surface area contributed by atoms with Crippen molar-refractivity contribution in [2.24, 2.45) is 0 Å². The highest BCUT2D eigenvalue weighted by molar-refractivity contribution is 6.42. The maximum atomic E-state index is 11.7. The van der Waals surface area contributed by atoms with Crippen LogP contribution in [0.15, 0.2) is 12.1 Å². The highest BCUT2D eigenvalue weighted by Crippen LogP contribution is 2.32. The molecule has 18 heavy (non-hydrogen) atoms. The van der Waals surface area contributed by atoms with E-state index in [1.54, 1.807) is 11.9 Å². The highest BCUT2D eigenvalue weighted by atomic mass is 35.5. The van der Waals surface area contributed by atoms with Gasteiger partial charge in [0.25, 0.3) is 5.91 Å². The predicted octanol–water partition coefficient (Wildman–Crippen LogP) is 2.82. The first-order valence-corrected chi connectivity index (χ1v) is 6.21. The standard InChI is InChI=1S/C12H16Cl2N2O2/c1-7(2)16(3)12(17)6-18-11-5-9(14)8(13)4-10(11)15/h4-5,7H,6,15H2,1-3H3. The number of carbonyl (C=O) groups is 1. The number of anilines is 1.